The molecule has 0 fully saturated rings. The Bertz CT molecular complexity index is 817. The van der Waals surface area contributed by atoms with Crippen LogP contribution in [0.4, 0.5) is 5.69 Å². The molecular formula is C16H18N6S. The summed E-state index contributed by atoms with van der Waals surface area (Å²) in [7, 11) is 4.08. The molecule has 3 heterocycles. The maximum Gasteiger partial charge on any atom is 0.183 e. The monoisotopic (exact) mass is 326 g/mol. The molecule has 6 nitrogen and oxygen atoms in total. The van der Waals surface area contributed by atoms with Crippen molar-refractivity contribution in [2.24, 2.45) is 0 Å². The Labute approximate surface area is 138 Å². The van der Waals surface area contributed by atoms with Crippen molar-refractivity contribution in [3.8, 4) is 22.1 Å². The number of anilines is 1. The van der Waals surface area contributed by atoms with Crippen LogP contribution >= 0.6 is 11.3 Å². The van der Waals surface area contributed by atoms with Gasteiger partial charge in [0.2, 0.25) is 0 Å². The summed E-state index contributed by atoms with van der Waals surface area (Å²) in [4.78, 5) is 6.86. The number of nitrogens with one attached hydrogen (secondary N) is 1. The van der Waals surface area contributed by atoms with Crippen LogP contribution < -0.4 is 10.2 Å². The van der Waals surface area contributed by atoms with Gasteiger partial charge < -0.3 is 14.8 Å². The van der Waals surface area contributed by atoms with Gasteiger partial charge >= 0.3 is 0 Å². The first-order chi connectivity index (χ1) is 11.2. The van der Waals surface area contributed by atoms with E-state index in [0.29, 0.717) is 0 Å². The van der Waals surface area contributed by atoms with E-state index >= 15 is 0 Å². The Balaban J connectivity index is 1.65. The lowest BCUT2D eigenvalue weighted by atomic mass is 10.2. The van der Waals surface area contributed by atoms with Crippen molar-refractivity contribution in [1.29, 1.82) is 0 Å². The zero-order valence-corrected chi connectivity index (χ0v) is 14.0. The van der Waals surface area contributed by atoms with Crippen LogP contribution in [0.1, 0.15) is 5.82 Å². The molecule has 0 unspecified atom stereocenters. The summed E-state index contributed by atoms with van der Waals surface area (Å²) >= 11 is 1.64. The highest BCUT2D eigenvalue weighted by atomic mass is 32.1. The van der Waals surface area contributed by atoms with Crippen molar-refractivity contribution in [3.05, 3.63) is 35.5 Å². The van der Waals surface area contributed by atoms with Crippen molar-refractivity contribution < 1.29 is 0 Å². The Morgan fingerprint density at radius 3 is 2.78 bits per heavy atom. The molecule has 2 aromatic heterocycles. The maximum absolute atomic E-state index is 4.77. The second kappa shape index (κ2) is 5.75. The van der Waals surface area contributed by atoms with E-state index in [9.17, 15) is 0 Å². The predicted octanol–water partition coefficient (Wildman–Crippen LogP) is 2.24. The average molecular weight is 326 g/mol. The second-order valence-corrected chi connectivity index (χ2v) is 6.61. The van der Waals surface area contributed by atoms with Crippen molar-refractivity contribution in [1.82, 2.24) is 25.1 Å². The van der Waals surface area contributed by atoms with E-state index < -0.39 is 0 Å². The Morgan fingerprint density at radius 2 is 2.00 bits per heavy atom. The molecule has 0 aliphatic carbocycles. The molecule has 1 aromatic carbocycles. The first kappa shape index (κ1) is 14.3. The third-order valence-corrected chi connectivity index (χ3v) is 4.88. The van der Waals surface area contributed by atoms with Crippen LogP contribution in [0, 0.1) is 0 Å². The average Bonchev–Trinajstić information content (AvgIpc) is 3.21. The van der Waals surface area contributed by atoms with Crippen LogP contribution in [-0.2, 0) is 13.1 Å². The van der Waals surface area contributed by atoms with E-state index in [1.54, 1.807) is 11.3 Å². The summed E-state index contributed by atoms with van der Waals surface area (Å²) in [5.74, 6) is 1.85. The van der Waals surface area contributed by atoms with Gasteiger partial charge in [-0.25, -0.2) is 4.98 Å². The van der Waals surface area contributed by atoms with Crippen LogP contribution in [0.3, 0.4) is 0 Å². The Morgan fingerprint density at radius 1 is 1.17 bits per heavy atom. The van der Waals surface area contributed by atoms with Gasteiger partial charge in [0.25, 0.3) is 0 Å². The van der Waals surface area contributed by atoms with Gasteiger partial charge in [-0.3, -0.25) is 0 Å². The summed E-state index contributed by atoms with van der Waals surface area (Å²) in [6, 6.07) is 8.45. The lowest BCUT2D eigenvalue weighted by Gasteiger charge is -2.15. The van der Waals surface area contributed by atoms with Gasteiger partial charge in [0, 0.05) is 43.8 Å². The maximum atomic E-state index is 4.77. The molecule has 0 amide bonds. The largest absolute Gasteiger partial charge is 0.378 e. The van der Waals surface area contributed by atoms with E-state index in [0.717, 1.165) is 47.5 Å². The third kappa shape index (κ3) is 2.62. The van der Waals surface area contributed by atoms with E-state index in [1.165, 1.54) is 5.69 Å². The molecule has 0 saturated heterocycles. The van der Waals surface area contributed by atoms with Crippen molar-refractivity contribution in [2.45, 2.75) is 13.1 Å². The predicted molar refractivity (Wildman–Crippen MR) is 92.6 cm³/mol. The molecule has 118 valence electrons. The smallest absolute Gasteiger partial charge is 0.183 e. The van der Waals surface area contributed by atoms with Gasteiger partial charge in [-0.2, -0.15) is 0 Å². The normalized spacial score (nSPS) is 13.8. The van der Waals surface area contributed by atoms with E-state index in [2.05, 4.69) is 54.6 Å². The molecule has 23 heavy (non-hydrogen) atoms. The standard InChI is InChI=1S/C16H18N6S/c1-21(2)12-5-3-11(4-6-12)16-18-13(10-23-16)15-20-19-14-9-17-7-8-22(14)15/h3-6,10,17H,7-9H2,1-2H3. The number of fused-ring (bicyclic) bond motifs is 1. The van der Waals surface area contributed by atoms with E-state index in [1.807, 2.05) is 14.1 Å². The number of hydrogen-bond acceptors (Lipinski definition) is 6. The fourth-order valence-electron chi connectivity index (χ4n) is 2.69. The number of thiazole rings is 1. The quantitative estimate of drug-likeness (QED) is 0.800. The second-order valence-electron chi connectivity index (χ2n) is 5.75. The minimum atomic E-state index is 0.774. The fourth-order valence-corrected chi connectivity index (χ4v) is 3.50. The topological polar surface area (TPSA) is 58.9 Å². The van der Waals surface area contributed by atoms with Crippen LogP contribution in [0.15, 0.2) is 29.6 Å². The van der Waals surface area contributed by atoms with Crippen LogP contribution in [0.5, 0.6) is 0 Å². The van der Waals surface area contributed by atoms with Gasteiger partial charge in [0.05, 0.1) is 6.54 Å². The number of hydrogen-bond donors (Lipinski definition) is 1. The van der Waals surface area contributed by atoms with Crippen molar-refractivity contribution in [3.63, 3.8) is 0 Å². The summed E-state index contributed by atoms with van der Waals surface area (Å²) < 4.78 is 2.16. The lowest BCUT2D eigenvalue weighted by Crippen LogP contribution is -2.28. The lowest BCUT2D eigenvalue weighted by molar-refractivity contribution is 0.508. The van der Waals surface area contributed by atoms with E-state index in [-0.39, 0.29) is 0 Å². The summed E-state index contributed by atoms with van der Waals surface area (Å²) in [6.45, 7) is 2.61. The molecule has 0 radical (unpaired) electrons. The summed E-state index contributed by atoms with van der Waals surface area (Å²) in [5, 5.41) is 15.0. The molecule has 4 rings (SSSR count). The molecule has 1 aliphatic rings. The van der Waals surface area contributed by atoms with Gasteiger partial charge in [-0.1, -0.05) is 0 Å². The Hall–Kier alpha value is -2.25. The minimum absolute atomic E-state index is 0.774. The molecule has 0 bridgehead atoms. The molecular weight excluding hydrogens is 308 g/mol. The van der Waals surface area contributed by atoms with Gasteiger partial charge in [-0.05, 0) is 24.3 Å². The molecule has 0 atom stereocenters. The highest BCUT2D eigenvalue weighted by molar-refractivity contribution is 7.13. The van der Waals surface area contributed by atoms with Crippen LogP contribution in [-0.4, -0.2) is 40.4 Å². The molecule has 0 spiro atoms. The number of rotatable bonds is 3. The molecule has 0 saturated carbocycles. The number of nitrogens with zero attached hydrogens (tertiary/aromatic N) is 5. The zero-order valence-electron chi connectivity index (χ0n) is 13.2. The first-order valence-corrected chi connectivity index (χ1v) is 8.47. The Kier molecular flexibility index (Phi) is 3.59. The molecule has 1 N–H and O–H groups in total. The summed E-state index contributed by atoms with van der Waals surface area (Å²) in [5.41, 5.74) is 3.22. The highest BCUT2D eigenvalue weighted by Crippen LogP contribution is 2.29. The van der Waals surface area contributed by atoms with Crippen molar-refractivity contribution >= 4 is 17.0 Å². The highest BCUT2D eigenvalue weighted by Gasteiger charge is 2.18. The van der Waals surface area contributed by atoms with Crippen LogP contribution in [0.2, 0.25) is 0 Å². The van der Waals surface area contributed by atoms with E-state index in [4.69, 9.17) is 4.98 Å². The zero-order chi connectivity index (χ0) is 15.8. The molecule has 1 aliphatic heterocycles. The molecule has 3 aromatic rings. The summed E-state index contributed by atoms with van der Waals surface area (Å²) in [6.07, 6.45) is 0. The molecule has 7 heteroatoms. The van der Waals surface area contributed by atoms with Crippen LogP contribution in [0.25, 0.3) is 22.1 Å². The SMILES string of the molecule is CN(C)c1ccc(-c2nc(-c3nnc4n3CCNC4)cs2)cc1. The number of benzene rings is 1. The third-order valence-electron chi connectivity index (χ3n) is 3.99. The van der Waals surface area contributed by atoms with Gasteiger partial charge in [0.15, 0.2) is 5.82 Å². The minimum Gasteiger partial charge on any atom is -0.378 e. The van der Waals surface area contributed by atoms with Crippen molar-refractivity contribution in [2.75, 3.05) is 25.5 Å². The van der Waals surface area contributed by atoms with Gasteiger partial charge in [0.1, 0.15) is 16.5 Å². The fraction of sp³-hybridized carbons (Fsp3) is 0.312. The first-order valence-electron chi connectivity index (χ1n) is 7.59. The number of aromatic nitrogens is 4. The van der Waals surface area contributed by atoms with Gasteiger partial charge in [-0.15, -0.1) is 21.5 Å².